The number of aliphatic hydroxyl groups is 4. The van der Waals surface area contributed by atoms with Crippen LogP contribution in [0.3, 0.4) is 0 Å². The molecule has 4 N–H and O–H groups in total. The lowest BCUT2D eigenvalue weighted by molar-refractivity contribution is 0.224. The van der Waals surface area contributed by atoms with Gasteiger partial charge in [-0.1, -0.05) is 17.7 Å². The van der Waals surface area contributed by atoms with E-state index in [1.54, 1.807) is 62.6 Å². The summed E-state index contributed by atoms with van der Waals surface area (Å²) >= 11 is 6.83. The number of benzene rings is 8. The molecular weight excluding hydrogens is 1800 g/mol. The zero-order valence-corrected chi connectivity index (χ0v) is 82.3. The molecule has 140 heavy (non-hydrogen) atoms. The fraction of sp³-hybridized carbons (Fsp3) is 0.333. The standard InChI is InChI=1S/C27H30ClN5O2.C27H29F2N5O2.C27H30FN5O2.C27H29FN4O2/c1-17(2)32-7-8-33(25-9-18(16-34)10-26(35-4)27(25)28)24-6-5-23-21(22(24)15-32)11-19(12-29-23)20-13-30-31(3)14-20;1-16(2)33-7-8-34(27-25(28)18(15-35)10-24(36-4)26(27)29)23-6-5-22-20(21(23)14-33)9-17(11-30-22)19-12-31-32(3)13-19;1-17(2)32-7-8-33(25-9-18(16-34)10-26(35-4)27(25)28)24-6-5-23-21(22(24)15-32)11-19(12-29-23)20-13-30-31(3)14-20;1-17(2)31-8-9-32(25-10-18(16-33)11-26(34-3)27(25)28)24-5-4-23-21(22(24)15-31)12-20(14-30-23)19-6-7-29-13-19/h5-6,9-14,17,34H,7-8,15-16H2,1-4H3;5-6,9-13,16,35H,7-8,14-15H2,1-4H3;5-6,9-14,17,34H,7-8,15-16H2,1-4H3;4-6,10-14,17,33H,7-9,15-16H2,1-3H3. The molecule has 0 fully saturated rings. The number of hydrogen-bond donors (Lipinski definition) is 4. The SMILES string of the molecule is COc1cc(CO)c(F)c(N2CCN(C(C)C)Cc3c2ccc2ncc(-c4cnn(C)c4)cc32)c1F.COc1cc(CO)cc(N2CCN(C(C)C)Cc3c2ccc2ncc(-c4cnn(C)c4)cc32)c1Cl.COc1cc(CO)cc(N2CCN(C(C)C)Cc3c2ccc2ncc(-c4cnn(C)c4)cc32)c1F.COc1cc(CO)cc(N2CCN(C(C)C)Cc3c2ccc2ncc(C4=CCN=C4)cc32)c1F. The fourth-order valence-corrected chi connectivity index (χ4v) is 19.5. The average molecular weight is 1920 g/mol. The Kier molecular flexibility index (Phi) is 29.7. The van der Waals surface area contributed by atoms with Crippen molar-refractivity contribution in [3.05, 3.63) is 262 Å². The van der Waals surface area contributed by atoms with Crippen molar-refractivity contribution in [3.8, 4) is 56.4 Å². The van der Waals surface area contributed by atoms with Crippen LogP contribution < -0.4 is 38.5 Å². The Morgan fingerprint density at radius 1 is 0.343 bits per heavy atom. The lowest BCUT2D eigenvalue weighted by atomic mass is 10.0. The minimum absolute atomic E-state index is 0.0175. The summed E-state index contributed by atoms with van der Waals surface area (Å²) in [4.78, 5) is 40.7. The molecule has 7 aromatic heterocycles. The van der Waals surface area contributed by atoms with Crippen molar-refractivity contribution in [1.82, 2.24) is 68.9 Å². The van der Waals surface area contributed by atoms with Crippen LogP contribution in [0.4, 0.5) is 63.1 Å². The summed E-state index contributed by atoms with van der Waals surface area (Å²) in [6, 6.07) is 37.3. The van der Waals surface area contributed by atoms with Gasteiger partial charge in [-0.25, -0.2) is 17.6 Å². The van der Waals surface area contributed by atoms with Crippen LogP contribution in [0.5, 0.6) is 23.0 Å². The zero-order valence-electron chi connectivity index (χ0n) is 81.5. The number of aromatic nitrogens is 10. The Labute approximate surface area is 817 Å². The first-order valence-electron chi connectivity index (χ1n) is 47.1. The fourth-order valence-electron chi connectivity index (χ4n) is 19.2. The number of nitrogens with zero attached hydrogens (tertiary/aromatic N) is 19. The predicted octanol–water partition coefficient (Wildman–Crippen LogP) is 19.3. The molecule has 12 heterocycles. The van der Waals surface area contributed by atoms with Gasteiger partial charge in [-0.2, -0.15) is 15.3 Å². The molecule has 15 aromatic rings. The third-order valence-electron chi connectivity index (χ3n) is 27.1. The molecule has 0 atom stereocenters. The van der Waals surface area contributed by atoms with Crippen molar-refractivity contribution in [2.45, 2.75) is 132 Å². The Morgan fingerprint density at radius 3 is 0.986 bits per heavy atom. The summed E-state index contributed by atoms with van der Waals surface area (Å²) in [5.41, 5.74) is 22.9. The van der Waals surface area contributed by atoms with E-state index in [-0.39, 0.29) is 54.4 Å². The van der Waals surface area contributed by atoms with Gasteiger partial charge in [0.15, 0.2) is 40.5 Å². The van der Waals surface area contributed by atoms with Crippen LogP contribution in [-0.2, 0) is 73.7 Å². The zero-order chi connectivity index (χ0) is 98.8. The number of fused-ring (bicyclic) bond motifs is 12. The number of hydrogen-bond acceptors (Lipinski definition) is 24. The van der Waals surface area contributed by atoms with Crippen LogP contribution in [0.15, 0.2) is 188 Å². The summed E-state index contributed by atoms with van der Waals surface area (Å²) in [7, 11) is 11.5. The highest BCUT2D eigenvalue weighted by molar-refractivity contribution is 6.35. The molecule has 0 radical (unpaired) electrons. The number of aliphatic hydroxyl groups excluding tert-OH is 4. The van der Waals surface area contributed by atoms with Crippen molar-refractivity contribution in [3.63, 3.8) is 0 Å². The van der Waals surface area contributed by atoms with Crippen LogP contribution in [0.1, 0.15) is 105 Å². The molecule has 0 unspecified atom stereocenters. The normalized spacial score (nSPS) is 14.8. The molecule has 0 bridgehead atoms. The van der Waals surface area contributed by atoms with Gasteiger partial charge in [0.1, 0.15) is 16.5 Å². The number of ether oxygens (including phenoxy) is 4. The molecule has 0 saturated heterocycles. The second-order valence-electron chi connectivity index (χ2n) is 36.9. The number of pyridine rings is 4. The Bertz CT molecular complexity index is 6950. The summed E-state index contributed by atoms with van der Waals surface area (Å²) in [6.07, 6.45) is 22.9. The molecule has 0 aliphatic carbocycles. The largest absolute Gasteiger partial charge is 0.495 e. The van der Waals surface area contributed by atoms with E-state index in [0.29, 0.717) is 96.4 Å². The van der Waals surface area contributed by atoms with Crippen LogP contribution in [0, 0.1) is 23.3 Å². The maximum atomic E-state index is 15.6. The van der Waals surface area contributed by atoms with Crippen molar-refractivity contribution in [1.29, 1.82) is 0 Å². The number of rotatable bonds is 20. The van der Waals surface area contributed by atoms with E-state index in [2.05, 4.69) is 148 Å². The van der Waals surface area contributed by atoms with E-state index in [0.717, 1.165) is 179 Å². The lowest BCUT2D eigenvalue weighted by Gasteiger charge is -2.28. The third kappa shape index (κ3) is 20.0. The number of allylic oxidation sites excluding steroid dienone is 1. The number of methoxy groups -OCH3 is 4. The lowest BCUT2D eigenvalue weighted by Crippen LogP contribution is -2.34. The van der Waals surface area contributed by atoms with E-state index in [4.69, 9.17) is 45.5 Å². The third-order valence-corrected chi connectivity index (χ3v) is 27.5. The Hall–Kier alpha value is -13.5. The first-order chi connectivity index (χ1) is 67.6. The van der Waals surface area contributed by atoms with Gasteiger partial charge in [0.2, 0.25) is 0 Å². The van der Waals surface area contributed by atoms with E-state index >= 15 is 17.6 Å². The Balaban J connectivity index is 0.000000129. The number of aliphatic imine (C=N–C) groups is 1. The van der Waals surface area contributed by atoms with Gasteiger partial charge in [-0.05, 0) is 215 Å². The van der Waals surface area contributed by atoms with Gasteiger partial charge >= 0.3 is 0 Å². The van der Waals surface area contributed by atoms with Gasteiger partial charge in [0.25, 0.3) is 0 Å². The van der Waals surface area contributed by atoms with Gasteiger partial charge in [-0.15, -0.1) is 0 Å². The van der Waals surface area contributed by atoms with Gasteiger partial charge < -0.3 is 59.0 Å². The maximum absolute atomic E-state index is 15.6. The predicted molar refractivity (Wildman–Crippen MR) is 546 cm³/mol. The summed E-state index contributed by atoms with van der Waals surface area (Å²) < 4.78 is 88.9. The number of halogens is 5. The van der Waals surface area contributed by atoms with E-state index < -0.39 is 29.9 Å². The highest BCUT2D eigenvalue weighted by atomic mass is 35.5. The van der Waals surface area contributed by atoms with Crippen LogP contribution in [0.2, 0.25) is 5.02 Å². The van der Waals surface area contributed by atoms with Crippen molar-refractivity contribution in [2.24, 2.45) is 26.1 Å². The van der Waals surface area contributed by atoms with E-state index in [1.165, 1.54) is 33.0 Å². The smallest absolute Gasteiger partial charge is 0.191 e. The first-order valence-corrected chi connectivity index (χ1v) is 47.5. The van der Waals surface area contributed by atoms with Crippen molar-refractivity contribution >= 4 is 112 Å². The molecule has 8 aromatic carbocycles. The van der Waals surface area contributed by atoms with Crippen LogP contribution in [0.25, 0.3) is 82.6 Å². The molecule has 5 aliphatic rings. The highest BCUT2D eigenvalue weighted by Gasteiger charge is 2.36. The number of anilines is 8. The summed E-state index contributed by atoms with van der Waals surface area (Å²) in [5, 5.41) is 56.8. The first kappa shape index (κ1) is 98.1. The maximum Gasteiger partial charge on any atom is 0.191 e. The molecule has 5 aliphatic heterocycles. The molecule has 0 spiro atoms. The van der Waals surface area contributed by atoms with Gasteiger partial charge in [0.05, 0.1) is 119 Å². The number of aryl methyl sites for hydroxylation is 3. The second kappa shape index (κ2) is 42.3. The quantitative estimate of drug-likeness (QED) is 0.0517. The monoisotopic (exact) mass is 1920 g/mol. The Morgan fingerprint density at radius 2 is 0.664 bits per heavy atom. The minimum atomic E-state index is -0.793. The van der Waals surface area contributed by atoms with Gasteiger partial charge in [0, 0.05) is 262 Å². The molecular formula is C108H118ClF4N19O8. The molecule has 0 saturated carbocycles. The van der Waals surface area contributed by atoms with Crippen LogP contribution in [-0.4, -0.2) is 207 Å². The molecule has 0 amide bonds. The van der Waals surface area contributed by atoms with Crippen molar-refractivity contribution in [2.75, 3.05) is 107 Å². The van der Waals surface area contributed by atoms with E-state index in [1.807, 2.05) is 135 Å². The minimum Gasteiger partial charge on any atom is -0.495 e. The topological polar surface area (TPSA) is 261 Å². The van der Waals surface area contributed by atoms with Crippen molar-refractivity contribution < 1.29 is 56.9 Å². The molecule has 27 nitrogen and oxygen atoms in total. The molecule has 20 rings (SSSR count). The van der Waals surface area contributed by atoms with E-state index in [9.17, 15) is 20.4 Å². The van der Waals surface area contributed by atoms with Crippen LogP contribution >= 0.6 is 11.6 Å². The summed E-state index contributed by atoms with van der Waals surface area (Å²) in [6.45, 7) is 25.2. The summed E-state index contributed by atoms with van der Waals surface area (Å²) in [5.74, 6) is -1.74. The highest BCUT2D eigenvalue weighted by Crippen LogP contribution is 2.49. The second-order valence-corrected chi connectivity index (χ2v) is 37.3. The van der Waals surface area contributed by atoms with Gasteiger partial charge in [-0.3, -0.25) is 58.6 Å². The average Bonchev–Trinajstić information content (AvgIpc) is 1.35. The molecule has 32 heteroatoms. The molecule has 728 valence electrons.